The first-order chi connectivity index (χ1) is 10.8. The Balaban J connectivity index is 1.99. The molecule has 2 N–H and O–H groups in total. The third-order valence-corrected chi connectivity index (χ3v) is 3.73. The highest BCUT2D eigenvalue weighted by atomic mass is 19.1. The van der Waals surface area contributed by atoms with Crippen LogP contribution in [0.5, 0.6) is 0 Å². The molecule has 0 saturated carbocycles. The number of hydrogen-bond donors (Lipinski definition) is 2. The molecule has 2 aromatic carbocycles. The first-order valence-electron chi connectivity index (χ1n) is 7.35. The van der Waals surface area contributed by atoms with Crippen LogP contribution in [0.2, 0.25) is 0 Å². The first kappa shape index (κ1) is 16.9. The van der Waals surface area contributed by atoms with E-state index in [0.717, 1.165) is 23.3 Å². The largest absolute Gasteiger partial charge is 0.337 e. The number of aryl methyl sites for hydroxylation is 1. The predicted molar refractivity (Wildman–Crippen MR) is 87.6 cm³/mol. The average molecular weight is 318 g/mol. The van der Waals surface area contributed by atoms with Gasteiger partial charge in [-0.05, 0) is 24.6 Å². The number of rotatable bonds is 4. The van der Waals surface area contributed by atoms with Crippen molar-refractivity contribution in [3.05, 3.63) is 65.2 Å². The lowest BCUT2D eigenvalue weighted by molar-refractivity contribution is 0.249. The second-order valence-corrected chi connectivity index (χ2v) is 6.15. The summed E-state index contributed by atoms with van der Waals surface area (Å²) in [6.45, 7) is 6.31. The van der Waals surface area contributed by atoms with Gasteiger partial charge in [0.05, 0.1) is 0 Å². The molecule has 0 spiro atoms. The van der Waals surface area contributed by atoms with Gasteiger partial charge in [0.1, 0.15) is 17.3 Å². The molecule has 0 bridgehead atoms. The minimum Gasteiger partial charge on any atom is -0.337 e. The molecular formula is C18H20F2N2O. The van der Waals surface area contributed by atoms with Gasteiger partial charge in [-0.2, -0.15) is 0 Å². The molecule has 2 amide bonds. The van der Waals surface area contributed by atoms with E-state index in [1.165, 1.54) is 6.07 Å². The van der Waals surface area contributed by atoms with Gasteiger partial charge in [0.25, 0.3) is 0 Å². The lowest BCUT2D eigenvalue weighted by Crippen LogP contribution is -2.39. The van der Waals surface area contributed by atoms with Gasteiger partial charge in [-0.1, -0.05) is 49.7 Å². The van der Waals surface area contributed by atoms with Crippen molar-refractivity contribution in [3.63, 3.8) is 0 Å². The topological polar surface area (TPSA) is 41.1 Å². The van der Waals surface area contributed by atoms with E-state index < -0.39 is 23.4 Å². The number of halogens is 2. The normalized spacial score (nSPS) is 11.2. The van der Waals surface area contributed by atoms with Crippen molar-refractivity contribution in [2.45, 2.75) is 26.2 Å². The van der Waals surface area contributed by atoms with Gasteiger partial charge in [0.15, 0.2) is 0 Å². The van der Waals surface area contributed by atoms with Gasteiger partial charge in [0, 0.05) is 12.0 Å². The molecule has 0 saturated heterocycles. The standard InChI is InChI=1S/C18H20F2N2O/c1-12-7-9-13(10-8-12)18(2,3)11-21-17(23)22-16-14(19)5-4-6-15(16)20/h4-10H,11H2,1-3H3,(H2,21,22,23). The summed E-state index contributed by atoms with van der Waals surface area (Å²) in [6.07, 6.45) is 0. The van der Waals surface area contributed by atoms with Crippen LogP contribution in [0.4, 0.5) is 19.3 Å². The van der Waals surface area contributed by atoms with E-state index in [4.69, 9.17) is 0 Å². The highest BCUT2D eigenvalue weighted by Gasteiger charge is 2.22. The van der Waals surface area contributed by atoms with Gasteiger partial charge in [-0.3, -0.25) is 0 Å². The van der Waals surface area contributed by atoms with Gasteiger partial charge < -0.3 is 10.6 Å². The molecule has 0 aliphatic carbocycles. The van der Waals surface area contributed by atoms with Crippen LogP contribution in [0, 0.1) is 18.6 Å². The van der Waals surface area contributed by atoms with E-state index in [2.05, 4.69) is 10.6 Å². The second kappa shape index (κ2) is 6.77. The fourth-order valence-electron chi connectivity index (χ4n) is 2.18. The van der Waals surface area contributed by atoms with E-state index >= 15 is 0 Å². The first-order valence-corrected chi connectivity index (χ1v) is 7.35. The van der Waals surface area contributed by atoms with Crippen LogP contribution in [0.15, 0.2) is 42.5 Å². The summed E-state index contributed by atoms with van der Waals surface area (Å²) in [7, 11) is 0. The van der Waals surface area contributed by atoms with Gasteiger partial charge in [-0.15, -0.1) is 0 Å². The third-order valence-electron chi connectivity index (χ3n) is 3.73. The van der Waals surface area contributed by atoms with E-state index in [-0.39, 0.29) is 5.41 Å². The number of nitrogens with one attached hydrogen (secondary N) is 2. The van der Waals surface area contributed by atoms with E-state index in [9.17, 15) is 13.6 Å². The van der Waals surface area contributed by atoms with E-state index in [1.54, 1.807) is 0 Å². The van der Waals surface area contributed by atoms with Gasteiger partial charge in [-0.25, -0.2) is 13.6 Å². The number of carbonyl (C=O) groups is 1. The molecule has 3 nitrogen and oxygen atoms in total. The Kier molecular flexibility index (Phi) is 4.98. The summed E-state index contributed by atoms with van der Waals surface area (Å²) in [5, 5.41) is 4.87. The van der Waals surface area contributed by atoms with Crippen molar-refractivity contribution < 1.29 is 13.6 Å². The highest BCUT2D eigenvalue weighted by molar-refractivity contribution is 5.89. The number of amides is 2. The summed E-state index contributed by atoms with van der Waals surface area (Å²) in [5.41, 5.74) is 1.47. The molecule has 0 fully saturated rings. The molecule has 5 heteroatoms. The molecule has 0 heterocycles. The Morgan fingerprint density at radius 2 is 1.61 bits per heavy atom. The highest BCUT2D eigenvalue weighted by Crippen LogP contribution is 2.23. The number of carbonyl (C=O) groups excluding carboxylic acids is 1. The molecule has 122 valence electrons. The zero-order valence-corrected chi connectivity index (χ0v) is 13.4. The van der Waals surface area contributed by atoms with Crippen molar-refractivity contribution in [2.24, 2.45) is 0 Å². The Bertz CT molecular complexity index is 676. The summed E-state index contributed by atoms with van der Waals surface area (Å²) < 4.78 is 27.0. The lowest BCUT2D eigenvalue weighted by atomic mass is 9.84. The Morgan fingerprint density at radius 1 is 1.04 bits per heavy atom. The second-order valence-electron chi connectivity index (χ2n) is 6.15. The van der Waals surface area contributed by atoms with Crippen LogP contribution in [0.25, 0.3) is 0 Å². The average Bonchev–Trinajstić information content (AvgIpc) is 2.50. The van der Waals surface area contributed by atoms with Crippen molar-refractivity contribution >= 4 is 11.7 Å². The molecule has 23 heavy (non-hydrogen) atoms. The zero-order valence-electron chi connectivity index (χ0n) is 13.4. The molecular weight excluding hydrogens is 298 g/mol. The maximum Gasteiger partial charge on any atom is 0.319 e. The fourth-order valence-corrected chi connectivity index (χ4v) is 2.18. The Morgan fingerprint density at radius 3 is 2.17 bits per heavy atom. The maximum atomic E-state index is 13.5. The molecule has 0 unspecified atom stereocenters. The summed E-state index contributed by atoms with van der Waals surface area (Å²) in [4.78, 5) is 11.9. The molecule has 2 rings (SSSR count). The summed E-state index contributed by atoms with van der Waals surface area (Å²) >= 11 is 0. The van der Waals surface area contributed by atoms with Crippen LogP contribution < -0.4 is 10.6 Å². The van der Waals surface area contributed by atoms with E-state index in [1.807, 2.05) is 45.0 Å². The molecule has 2 aromatic rings. The zero-order chi connectivity index (χ0) is 17.0. The number of anilines is 1. The van der Waals surface area contributed by atoms with Crippen molar-refractivity contribution in [3.8, 4) is 0 Å². The number of urea groups is 1. The SMILES string of the molecule is Cc1ccc(C(C)(C)CNC(=O)Nc2c(F)cccc2F)cc1. The number of para-hydroxylation sites is 1. The summed E-state index contributed by atoms with van der Waals surface area (Å²) in [6, 6.07) is 10.8. The number of benzene rings is 2. The molecule has 0 atom stereocenters. The molecule has 0 aliphatic rings. The Labute approximate surface area is 134 Å². The Hall–Kier alpha value is -2.43. The van der Waals surface area contributed by atoms with Crippen LogP contribution in [-0.4, -0.2) is 12.6 Å². The van der Waals surface area contributed by atoms with Gasteiger partial charge >= 0.3 is 6.03 Å². The quantitative estimate of drug-likeness (QED) is 0.863. The minimum atomic E-state index is -0.807. The number of hydrogen-bond acceptors (Lipinski definition) is 1. The van der Waals surface area contributed by atoms with Crippen LogP contribution in [0.1, 0.15) is 25.0 Å². The van der Waals surface area contributed by atoms with Crippen molar-refractivity contribution in [2.75, 3.05) is 11.9 Å². The molecule has 0 aromatic heterocycles. The fraction of sp³-hybridized carbons (Fsp3) is 0.278. The van der Waals surface area contributed by atoms with Crippen LogP contribution in [-0.2, 0) is 5.41 Å². The molecule has 0 aliphatic heterocycles. The third kappa shape index (κ3) is 4.28. The van der Waals surface area contributed by atoms with Crippen molar-refractivity contribution in [1.29, 1.82) is 0 Å². The van der Waals surface area contributed by atoms with Crippen molar-refractivity contribution in [1.82, 2.24) is 5.32 Å². The van der Waals surface area contributed by atoms with Gasteiger partial charge in [0.2, 0.25) is 0 Å². The summed E-state index contributed by atoms with van der Waals surface area (Å²) in [5.74, 6) is -1.61. The smallest absolute Gasteiger partial charge is 0.319 e. The minimum absolute atomic E-state index is 0.307. The lowest BCUT2D eigenvalue weighted by Gasteiger charge is -2.26. The van der Waals surface area contributed by atoms with Crippen LogP contribution >= 0.6 is 0 Å². The maximum absolute atomic E-state index is 13.5. The molecule has 0 radical (unpaired) electrons. The van der Waals surface area contributed by atoms with E-state index in [0.29, 0.717) is 6.54 Å². The van der Waals surface area contributed by atoms with Crippen LogP contribution in [0.3, 0.4) is 0 Å². The predicted octanol–water partition coefficient (Wildman–Crippen LogP) is 4.37. The monoisotopic (exact) mass is 318 g/mol.